The van der Waals surface area contributed by atoms with Gasteiger partial charge in [-0.1, -0.05) is 17.7 Å². The van der Waals surface area contributed by atoms with E-state index < -0.39 is 5.60 Å². The minimum Gasteiger partial charge on any atom is -0.444 e. The molecule has 2 saturated heterocycles. The van der Waals surface area contributed by atoms with Crippen molar-refractivity contribution in [1.82, 2.24) is 24.9 Å². The normalized spacial score (nSPS) is 17.7. The highest BCUT2D eigenvalue weighted by atomic mass is 16.6. The third-order valence-corrected chi connectivity index (χ3v) is 6.68. The van der Waals surface area contributed by atoms with E-state index in [0.717, 1.165) is 57.1 Å². The van der Waals surface area contributed by atoms with Crippen molar-refractivity contribution in [2.45, 2.75) is 52.1 Å². The van der Waals surface area contributed by atoms with Gasteiger partial charge in [0.15, 0.2) is 0 Å². The molecule has 4 rings (SSSR count). The summed E-state index contributed by atoms with van der Waals surface area (Å²) in [5, 5.41) is 7.73. The Balaban J connectivity index is 1.49. The number of nitrogens with zero attached hydrogens (tertiary/aromatic N) is 4. The third-order valence-electron chi connectivity index (χ3n) is 6.68. The molecule has 0 unspecified atom stereocenters. The molecule has 36 heavy (non-hydrogen) atoms. The van der Waals surface area contributed by atoms with Gasteiger partial charge in [0, 0.05) is 45.2 Å². The van der Waals surface area contributed by atoms with Crippen LogP contribution in [0, 0.1) is 6.92 Å². The number of likely N-dealkylation sites (tertiary alicyclic amines) is 1. The van der Waals surface area contributed by atoms with Crippen molar-refractivity contribution >= 4 is 12.0 Å². The number of ether oxygens (including phenoxy) is 2. The van der Waals surface area contributed by atoms with Crippen molar-refractivity contribution in [2.24, 2.45) is 0 Å². The number of amides is 2. The Morgan fingerprint density at radius 3 is 2.39 bits per heavy atom. The van der Waals surface area contributed by atoms with Crippen LogP contribution in [0.15, 0.2) is 30.5 Å². The third kappa shape index (κ3) is 6.64. The van der Waals surface area contributed by atoms with Gasteiger partial charge in [-0.3, -0.25) is 9.69 Å². The standard InChI is InChI=1S/C27H39N5O4/c1-20-5-7-22(8-6-20)32-24(21-9-12-31(13-10-21)26(34)36-27(2,3)4)23(19-29-32)25(33)28-11-14-30-15-17-35-18-16-30/h5-8,19,21H,9-18H2,1-4H3,(H,28,33). The number of hydrogen-bond donors (Lipinski definition) is 1. The first kappa shape index (κ1) is 26.2. The Kier molecular flexibility index (Phi) is 8.31. The van der Waals surface area contributed by atoms with Gasteiger partial charge in [0.2, 0.25) is 0 Å². The van der Waals surface area contributed by atoms with E-state index >= 15 is 0 Å². The number of morpholine rings is 1. The van der Waals surface area contributed by atoms with Gasteiger partial charge in [-0.25, -0.2) is 9.48 Å². The number of piperidine rings is 1. The molecule has 3 heterocycles. The Bertz CT molecular complexity index is 1030. The molecule has 2 fully saturated rings. The van der Waals surface area contributed by atoms with E-state index in [0.29, 0.717) is 25.2 Å². The molecular formula is C27H39N5O4. The van der Waals surface area contributed by atoms with Crippen LogP contribution in [0.25, 0.3) is 5.69 Å². The van der Waals surface area contributed by atoms with Gasteiger partial charge >= 0.3 is 6.09 Å². The molecule has 0 saturated carbocycles. The van der Waals surface area contributed by atoms with Crippen molar-refractivity contribution < 1.29 is 19.1 Å². The highest BCUT2D eigenvalue weighted by molar-refractivity contribution is 5.95. The van der Waals surface area contributed by atoms with Crippen molar-refractivity contribution in [3.63, 3.8) is 0 Å². The van der Waals surface area contributed by atoms with Crippen molar-refractivity contribution in [3.8, 4) is 5.69 Å². The Hall–Kier alpha value is -2.91. The van der Waals surface area contributed by atoms with Gasteiger partial charge in [0.1, 0.15) is 5.60 Å². The quantitative estimate of drug-likeness (QED) is 0.659. The van der Waals surface area contributed by atoms with Gasteiger partial charge in [-0.2, -0.15) is 5.10 Å². The van der Waals surface area contributed by atoms with Crippen molar-refractivity contribution in [1.29, 1.82) is 0 Å². The lowest BCUT2D eigenvalue weighted by atomic mass is 9.91. The first-order valence-electron chi connectivity index (χ1n) is 12.9. The van der Waals surface area contributed by atoms with Crippen LogP contribution in [-0.4, -0.2) is 89.7 Å². The molecule has 9 heteroatoms. The number of aromatic nitrogens is 2. The summed E-state index contributed by atoms with van der Waals surface area (Å²) in [4.78, 5) is 29.9. The molecule has 9 nitrogen and oxygen atoms in total. The van der Waals surface area contributed by atoms with Gasteiger partial charge in [-0.15, -0.1) is 0 Å². The SMILES string of the molecule is Cc1ccc(-n2ncc(C(=O)NCCN3CCOCC3)c2C2CCN(C(=O)OC(C)(C)C)CC2)cc1. The Morgan fingerprint density at radius 2 is 1.75 bits per heavy atom. The summed E-state index contributed by atoms with van der Waals surface area (Å²) in [6, 6.07) is 8.16. The van der Waals surface area contributed by atoms with E-state index in [1.54, 1.807) is 11.1 Å². The van der Waals surface area contributed by atoms with E-state index in [9.17, 15) is 9.59 Å². The average Bonchev–Trinajstić information content (AvgIpc) is 3.29. The highest BCUT2D eigenvalue weighted by Crippen LogP contribution is 2.32. The maximum absolute atomic E-state index is 13.3. The summed E-state index contributed by atoms with van der Waals surface area (Å²) < 4.78 is 12.9. The second-order valence-electron chi connectivity index (χ2n) is 10.6. The lowest BCUT2D eigenvalue weighted by molar-refractivity contribution is 0.0203. The molecule has 1 N–H and O–H groups in total. The predicted molar refractivity (Wildman–Crippen MR) is 138 cm³/mol. The monoisotopic (exact) mass is 497 g/mol. The fourth-order valence-corrected chi connectivity index (χ4v) is 4.73. The first-order valence-corrected chi connectivity index (χ1v) is 12.9. The molecule has 2 aromatic rings. The second kappa shape index (κ2) is 11.4. The predicted octanol–water partition coefficient (Wildman–Crippen LogP) is 3.36. The number of carbonyl (C=O) groups excluding carboxylic acids is 2. The maximum Gasteiger partial charge on any atom is 0.410 e. The number of rotatable bonds is 6. The number of benzene rings is 1. The first-order chi connectivity index (χ1) is 17.2. The smallest absolute Gasteiger partial charge is 0.410 e. The van der Waals surface area contributed by atoms with Crippen molar-refractivity contribution in [2.75, 3.05) is 52.5 Å². The van der Waals surface area contributed by atoms with Crippen LogP contribution >= 0.6 is 0 Å². The molecule has 2 amide bonds. The molecule has 0 atom stereocenters. The van der Waals surface area contributed by atoms with Crippen LogP contribution in [0.2, 0.25) is 0 Å². The number of aryl methyl sites for hydroxylation is 1. The molecule has 0 spiro atoms. The molecular weight excluding hydrogens is 458 g/mol. The Morgan fingerprint density at radius 1 is 1.08 bits per heavy atom. The van der Waals surface area contributed by atoms with E-state index in [2.05, 4.69) is 15.3 Å². The van der Waals surface area contributed by atoms with Crippen LogP contribution in [0.3, 0.4) is 0 Å². The van der Waals surface area contributed by atoms with E-state index in [1.807, 2.05) is 56.6 Å². The summed E-state index contributed by atoms with van der Waals surface area (Å²) in [5.74, 6) is -0.00123. The van der Waals surface area contributed by atoms with Gasteiger partial charge in [-0.05, 0) is 52.7 Å². The van der Waals surface area contributed by atoms with Crippen LogP contribution < -0.4 is 5.32 Å². The second-order valence-corrected chi connectivity index (χ2v) is 10.6. The topological polar surface area (TPSA) is 88.9 Å². The van der Waals surface area contributed by atoms with E-state index in [4.69, 9.17) is 9.47 Å². The fraction of sp³-hybridized carbons (Fsp3) is 0.593. The summed E-state index contributed by atoms with van der Waals surface area (Å²) in [6.45, 7) is 13.5. The Labute approximate surface area is 213 Å². The molecule has 2 aliphatic rings. The lowest BCUT2D eigenvalue weighted by Crippen LogP contribution is -2.42. The summed E-state index contributed by atoms with van der Waals surface area (Å²) in [6.07, 6.45) is 2.88. The van der Waals surface area contributed by atoms with E-state index in [1.165, 1.54) is 5.56 Å². The minimum atomic E-state index is -0.523. The van der Waals surface area contributed by atoms with Crippen LogP contribution in [0.1, 0.15) is 61.1 Å². The van der Waals surface area contributed by atoms with Crippen LogP contribution in [0.4, 0.5) is 4.79 Å². The maximum atomic E-state index is 13.3. The van der Waals surface area contributed by atoms with Crippen LogP contribution in [-0.2, 0) is 9.47 Å². The van der Waals surface area contributed by atoms with Gasteiger partial charge in [0.25, 0.3) is 5.91 Å². The van der Waals surface area contributed by atoms with E-state index in [-0.39, 0.29) is 17.9 Å². The number of carbonyl (C=O) groups is 2. The zero-order valence-electron chi connectivity index (χ0n) is 22.0. The minimum absolute atomic E-state index is 0.104. The molecule has 0 aliphatic carbocycles. The summed E-state index contributed by atoms with van der Waals surface area (Å²) in [7, 11) is 0. The highest BCUT2D eigenvalue weighted by Gasteiger charge is 2.32. The average molecular weight is 498 g/mol. The number of hydrogen-bond acceptors (Lipinski definition) is 6. The van der Waals surface area contributed by atoms with Crippen molar-refractivity contribution in [3.05, 3.63) is 47.3 Å². The molecule has 0 bridgehead atoms. The molecule has 1 aromatic carbocycles. The number of nitrogens with one attached hydrogen (secondary N) is 1. The summed E-state index contributed by atoms with van der Waals surface area (Å²) >= 11 is 0. The molecule has 2 aliphatic heterocycles. The van der Waals surface area contributed by atoms with Gasteiger partial charge < -0.3 is 19.7 Å². The fourth-order valence-electron chi connectivity index (χ4n) is 4.73. The molecule has 196 valence electrons. The zero-order valence-corrected chi connectivity index (χ0v) is 22.0. The van der Waals surface area contributed by atoms with Crippen LogP contribution in [0.5, 0.6) is 0 Å². The molecule has 0 radical (unpaired) electrons. The lowest BCUT2D eigenvalue weighted by Gasteiger charge is -2.34. The largest absolute Gasteiger partial charge is 0.444 e. The summed E-state index contributed by atoms with van der Waals surface area (Å²) in [5.41, 5.74) is 3.08. The molecule has 1 aromatic heterocycles. The zero-order chi connectivity index (χ0) is 25.7. The van der Waals surface area contributed by atoms with Gasteiger partial charge in [0.05, 0.1) is 36.4 Å².